The predicted octanol–water partition coefficient (Wildman–Crippen LogP) is 1.64. The van der Waals surface area contributed by atoms with Crippen molar-refractivity contribution in [3.63, 3.8) is 0 Å². The van der Waals surface area contributed by atoms with Gasteiger partial charge in [-0.2, -0.15) is 0 Å². The molecule has 0 fully saturated rings. The molecular weight excluding hydrogens is 266 g/mol. The molecule has 0 aliphatic carbocycles. The first-order valence-corrected chi connectivity index (χ1v) is 7.19. The van der Waals surface area contributed by atoms with E-state index in [2.05, 4.69) is 10.6 Å². The number of carbonyl (C=O) groups excluding carboxylic acids is 2. The molecule has 0 saturated heterocycles. The fourth-order valence-electron chi connectivity index (χ4n) is 2.40. The topological polar surface area (TPSA) is 61.4 Å². The molecule has 21 heavy (non-hydrogen) atoms. The summed E-state index contributed by atoms with van der Waals surface area (Å²) < 4.78 is 0. The van der Waals surface area contributed by atoms with Crippen LogP contribution >= 0.6 is 0 Å². The lowest BCUT2D eigenvalue weighted by molar-refractivity contribution is -0.122. The summed E-state index contributed by atoms with van der Waals surface area (Å²) >= 11 is 0. The van der Waals surface area contributed by atoms with E-state index in [9.17, 15) is 9.59 Å². The Labute approximate surface area is 125 Å². The summed E-state index contributed by atoms with van der Waals surface area (Å²) in [5, 5.41) is 6.12. The van der Waals surface area contributed by atoms with E-state index >= 15 is 0 Å². The first kappa shape index (κ1) is 15.4. The molecule has 0 bridgehead atoms. The average molecular weight is 289 g/mol. The molecule has 0 spiro atoms. The van der Waals surface area contributed by atoms with Crippen molar-refractivity contribution in [2.75, 3.05) is 25.5 Å². The maximum atomic E-state index is 12.4. The van der Waals surface area contributed by atoms with Crippen molar-refractivity contribution < 1.29 is 9.59 Å². The summed E-state index contributed by atoms with van der Waals surface area (Å²) in [7, 11) is 1.65. The van der Waals surface area contributed by atoms with Gasteiger partial charge in [0.05, 0.1) is 6.54 Å². The number of benzene rings is 1. The number of carbonyl (C=O) groups is 2. The van der Waals surface area contributed by atoms with Gasteiger partial charge in [0.1, 0.15) is 0 Å². The van der Waals surface area contributed by atoms with Crippen LogP contribution in [0.25, 0.3) is 0 Å². The van der Waals surface area contributed by atoms with Gasteiger partial charge in [-0.25, -0.2) is 0 Å². The van der Waals surface area contributed by atoms with Crippen LogP contribution < -0.4 is 10.6 Å². The molecule has 0 atom stereocenters. The Morgan fingerprint density at radius 1 is 1.33 bits per heavy atom. The Bertz CT molecular complexity index is 561. The van der Waals surface area contributed by atoms with Crippen LogP contribution in [0.2, 0.25) is 0 Å². The Kier molecular flexibility index (Phi) is 4.21. The Hall–Kier alpha value is -2.04. The number of nitrogens with one attached hydrogen (secondary N) is 2. The number of anilines is 1. The van der Waals surface area contributed by atoms with Gasteiger partial charge in [-0.1, -0.05) is 0 Å². The van der Waals surface area contributed by atoms with Gasteiger partial charge in [-0.05, 0) is 51.0 Å². The summed E-state index contributed by atoms with van der Waals surface area (Å²) in [6.07, 6.45) is 0.935. The van der Waals surface area contributed by atoms with Gasteiger partial charge in [0.15, 0.2) is 0 Å². The van der Waals surface area contributed by atoms with Crippen molar-refractivity contribution >= 4 is 17.5 Å². The zero-order chi connectivity index (χ0) is 15.6. The number of likely N-dealkylation sites (N-methyl/N-ethyl adjacent to an activating group) is 1. The van der Waals surface area contributed by atoms with Gasteiger partial charge in [0, 0.05) is 30.4 Å². The highest BCUT2D eigenvalue weighted by Gasteiger charge is 2.20. The Morgan fingerprint density at radius 2 is 2.05 bits per heavy atom. The lowest BCUT2D eigenvalue weighted by atomic mass is 10.1. The van der Waals surface area contributed by atoms with Crippen LogP contribution in [0.15, 0.2) is 18.2 Å². The van der Waals surface area contributed by atoms with Crippen LogP contribution in [0, 0.1) is 0 Å². The Morgan fingerprint density at radius 3 is 2.71 bits per heavy atom. The van der Waals surface area contributed by atoms with Crippen molar-refractivity contribution in [2.24, 2.45) is 0 Å². The lowest BCUT2D eigenvalue weighted by Gasteiger charge is -2.23. The average Bonchev–Trinajstić information content (AvgIpc) is 2.82. The number of amides is 2. The minimum Gasteiger partial charge on any atom is -0.384 e. The molecule has 2 N–H and O–H groups in total. The number of rotatable bonds is 3. The van der Waals surface area contributed by atoms with Crippen LogP contribution in [0.1, 0.15) is 36.7 Å². The molecule has 0 aromatic heterocycles. The standard InChI is InChI=1S/C16H23N3O2/c1-16(2,3)18-14(20)10-19(4)15(21)12-5-6-13-11(9-12)7-8-17-13/h5-6,9,17H,7-8,10H2,1-4H3,(H,18,20). The summed E-state index contributed by atoms with van der Waals surface area (Å²) in [6, 6.07) is 5.64. The van der Waals surface area contributed by atoms with Crippen molar-refractivity contribution in [1.29, 1.82) is 0 Å². The summed E-state index contributed by atoms with van der Waals surface area (Å²) in [6.45, 7) is 6.73. The monoisotopic (exact) mass is 289 g/mol. The van der Waals surface area contributed by atoms with Crippen LogP contribution in [0.5, 0.6) is 0 Å². The highest BCUT2D eigenvalue weighted by molar-refractivity contribution is 5.97. The van der Waals surface area contributed by atoms with E-state index in [0.29, 0.717) is 5.56 Å². The number of nitrogens with zero attached hydrogens (tertiary/aromatic N) is 1. The van der Waals surface area contributed by atoms with Gasteiger partial charge < -0.3 is 15.5 Å². The van der Waals surface area contributed by atoms with Gasteiger partial charge in [-0.15, -0.1) is 0 Å². The van der Waals surface area contributed by atoms with Gasteiger partial charge in [-0.3, -0.25) is 9.59 Å². The molecule has 114 valence electrons. The smallest absolute Gasteiger partial charge is 0.254 e. The van der Waals surface area contributed by atoms with E-state index in [1.165, 1.54) is 4.90 Å². The Balaban J connectivity index is 2.01. The predicted molar refractivity (Wildman–Crippen MR) is 83.5 cm³/mol. The minimum atomic E-state index is -0.291. The van der Waals surface area contributed by atoms with E-state index in [0.717, 1.165) is 24.2 Å². The van der Waals surface area contributed by atoms with Crippen molar-refractivity contribution in [2.45, 2.75) is 32.7 Å². The van der Waals surface area contributed by atoms with E-state index in [-0.39, 0.29) is 23.9 Å². The maximum Gasteiger partial charge on any atom is 0.254 e. The molecule has 5 heteroatoms. The molecule has 1 aromatic rings. The third-order valence-corrected chi connectivity index (χ3v) is 3.30. The minimum absolute atomic E-state index is 0.0610. The molecule has 1 aromatic carbocycles. The molecular formula is C16H23N3O2. The fourth-order valence-corrected chi connectivity index (χ4v) is 2.40. The molecule has 2 amide bonds. The van der Waals surface area contributed by atoms with Gasteiger partial charge >= 0.3 is 0 Å². The third kappa shape index (κ3) is 3.97. The molecule has 1 aliphatic rings. The van der Waals surface area contributed by atoms with Gasteiger partial charge in [0.2, 0.25) is 5.91 Å². The highest BCUT2D eigenvalue weighted by Crippen LogP contribution is 2.23. The second kappa shape index (κ2) is 5.76. The van der Waals surface area contributed by atoms with Gasteiger partial charge in [0.25, 0.3) is 5.91 Å². The zero-order valence-corrected chi connectivity index (χ0v) is 13.1. The first-order chi connectivity index (χ1) is 9.76. The van der Waals surface area contributed by atoms with E-state index in [1.54, 1.807) is 13.1 Å². The molecule has 1 heterocycles. The maximum absolute atomic E-state index is 12.4. The van der Waals surface area contributed by atoms with Crippen LogP contribution in [-0.2, 0) is 11.2 Å². The first-order valence-electron chi connectivity index (χ1n) is 7.19. The largest absolute Gasteiger partial charge is 0.384 e. The molecule has 1 aliphatic heterocycles. The quantitative estimate of drug-likeness (QED) is 0.889. The fraction of sp³-hybridized carbons (Fsp3) is 0.500. The molecule has 5 nitrogen and oxygen atoms in total. The van der Waals surface area contributed by atoms with Crippen molar-refractivity contribution in [3.8, 4) is 0 Å². The zero-order valence-electron chi connectivity index (χ0n) is 13.1. The molecule has 0 unspecified atom stereocenters. The second-order valence-corrected chi connectivity index (χ2v) is 6.51. The SMILES string of the molecule is CN(CC(=O)NC(C)(C)C)C(=O)c1ccc2c(c1)CCN2. The molecule has 0 saturated carbocycles. The second-order valence-electron chi connectivity index (χ2n) is 6.51. The van der Waals surface area contributed by atoms with Crippen LogP contribution in [0.3, 0.4) is 0 Å². The normalized spacial score (nSPS) is 13.3. The van der Waals surface area contributed by atoms with E-state index < -0.39 is 0 Å². The van der Waals surface area contributed by atoms with Crippen molar-refractivity contribution in [3.05, 3.63) is 29.3 Å². The summed E-state index contributed by atoms with van der Waals surface area (Å²) in [5.74, 6) is -0.282. The molecule has 0 radical (unpaired) electrons. The van der Waals surface area contributed by atoms with E-state index in [4.69, 9.17) is 0 Å². The third-order valence-electron chi connectivity index (χ3n) is 3.30. The number of fused-ring (bicyclic) bond motifs is 1. The van der Waals surface area contributed by atoms with E-state index in [1.807, 2.05) is 32.9 Å². The number of hydrogen-bond acceptors (Lipinski definition) is 3. The molecule has 2 rings (SSSR count). The lowest BCUT2D eigenvalue weighted by Crippen LogP contribution is -2.46. The highest BCUT2D eigenvalue weighted by atomic mass is 16.2. The van der Waals surface area contributed by atoms with Crippen LogP contribution in [-0.4, -0.2) is 42.4 Å². The van der Waals surface area contributed by atoms with Crippen molar-refractivity contribution in [1.82, 2.24) is 10.2 Å². The van der Waals surface area contributed by atoms with Crippen LogP contribution in [0.4, 0.5) is 5.69 Å². The summed E-state index contributed by atoms with van der Waals surface area (Å²) in [5.41, 5.74) is 2.59. The number of hydrogen-bond donors (Lipinski definition) is 2. The summed E-state index contributed by atoms with van der Waals surface area (Å²) in [4.78, 5) is 25.7.